The number of nitrogens with zero attached hydrogens (tertiary/aromatic N) is 3. The molecule has 8 heteroatoms. The Morgan fingerprint density at radius 1 is 1.31 bits per heavy atom. The predicted octanol–water partition coefficient (Wildman–Crippen LogP) is 0.569. The molecule has 1 aliphatic carbocycles. The first-order chi connectivity index (χ1) is 12.4. The lowest BCUT2D eigenvalue weighted by Crippen LogP contribution is -2.57. The van der Waals surface area contributed by atoms with Crippen LogP contribution in [-0.2, 0) is 14.3 Å². The number of ketones is 1. The number of hydrogen-bond acceptors (Lipinski definition) is 6. The molecular formula is C18H22FN3O4. The molecule has 0 saturated carbocycles. The zero-order valence-electron chi connectivity index (χ0n) is 14.8. The van der Waals surface area contributed by atoms with Crippen LogP contribution in [0.3, 0.4) is 0 Å². The Morgan fingerprint density at radius 2 is 2.00 bits per heavy atom. The Morgan fingerprint density at radius 3 is 2.65 bits per heavy atom. The van der Waals surface area contributed by atoms with Crippen molar-refractivity contribution in [2.75, 3.05) is 39.8 Å². The lowest BCUT2D eigenvalue weighted by molar-refractivity contribution is -0.137. The topological polar surface area (TPSA) is 73.3 Å². The van der Waals surface area contributed by atoms with Gasteiger partial charge in [-0.05, 0) is 20.0 Å². The predicted molar refractivity (Wildman–Crippen MR) is 90.5 cm³/mol. The highest BCUT2D eigenvalue weighted by Crippen LogP contribution is 2.42. The van der Waals surface area contributed by atoms with Crippen LogP contribution in [0.2, 0.25) is 0 Å². The zero-order valence-corrected chi connectivity index (χ0v) is 14.8. The van der Waals surface area contributed by atoms with E-state index < -0.39 is 29.5 Å². The van der Waals surface area contributed by atoms with E-state index in [4.69, 9.17) is 4.74 Å². The van der Waals surface area contributed by atoms with Crippen LogP contribution in [0.25, 0.3) is 0 Å². The molecule has 0 aromatic carbocycles. The normalized spacial score (nSPS) is 32.0. The molecule has 0 radical (unpaired) electrons. The second-order valence-corrected chi connectivity index (χ2v) is 7.31. The number of carbonyl (C=O) groups excluding carboxylic acids is 1. The Labute approximate surface area is 151 Å². The number of Topliss-reactive ketones (excluding diaryl/α,β-unsaturated/α-hetero) is 1. The summed E-state index contributed by atoms with van der Waals surface area (Å²) in [5, 5.41) is 9.34. The molecule has 0 unspecified atom stereocenters. The van der Waals surface area contributed by atoms with E-state index in [1.807, 2.05) is 23.8 Å². The molecule has 1 N–H and O–H groups in total. The summed E-state index contributed by atoms with van der Waals surface area (Å²) in [7, 11) is 2.02. The average molecular weight is 363 g/mol. The fourth-order valence-corrected chi connectivity index (χ4v) is 4.11. The maximum Gasteiger partial charge on any atom is 0.340 e. The molecule has 0 aromatic heterocycles. The Hall–Kier alpha value is -2.35. The summed E-state index contributed by atoms with van der Waals surface area (Å²) in [6.45, 7) is 5.22. The molecule has 26 heavy (non-hydrogen) atoms. The minimum absolute atomic E-state index is 0.1000. The number of carboxylic acid groups (broad SMARTS) is 1. The minimum Gasteiger partial charge on any atom is -0.491 e. The van der Waals surface area contributed by atoms with Gasteiger partial charge in [-0.3, -0.25) is 4.79 Å². The van der Waals surface area contributed by atoms with E-state index in [9.17, 15) is 14.7 Å². The van der Waals surface area contributed by atoms with Crippen LogP contribution in [0.4, 0.5) is 4.39 Å². The quantitative estimate of drug-likeness (QED) is 0.719. The Kier molecular flexibility index (Phi) is 4.02. The van der Waals surface area contributed by atoms with Gasteiger partial charge in [0.1, 0.15) is 35.5 Å². The number of rotatable bonds is 2. The molecule has 3 heterocycles. The van der Waals surface area contributed by atoms with Crippen LogP contribution in [0.1, 0.15) is 6.92 Å². The van der Waals surface area contributed by atoms with Crippen molar-refractivity contribution in [3.05, 3.63) is 35.1 Å². The van der Waals surface area contributed by atoms with Crippen LogP contribution in [0.15, 0.2) is 35.1 Å². The summed E-state index contributed by atoms with van der Waals surface area (Å²) in [6.07, 6.45) is 2.67. The first-order valence-electron chi connectivity index (χ1n) is 8.83. The molecule has 3 atom stereocenters. The molecule has 140 valence electrons. The number of aliphatic carboxylic acids is 1. The maximum absolute atomic E-state index is 15.0. The van der Waals surface area contributed by atoms with Crippen LogP contribution >= 0.6 is 0 Å². The van der Waals surface area contributed by atoms with Gasteiger partial charge in [0.2, 0.25) is 0 Å². The standard InChI is InChI=1S/C18H22FN3O4/c1-10-9-26-17-14-11(16(23)12(18(24)25)8-22(10)14)7-13(19)15(17)21-5-3-20(2)4-6-21/h7-8,10-11,14H,3-6,9H2,1-2H3,(H,24,25)/t10-,11-,14-/m0/s1. The Balaban J connectivity index is 1.78. The Bertz CT molecular complexity index is 752. The van der Waals surface area contributed by atoms with Crippen molar-refractivity contribution in [3.8, 4) is 0 Å². The molecule has 2 saturated heterocycles. The number of carbonyl (C=O) groups is 2. The van der Waals surface area contributed by atoms with E-state index >= 15 is 4.39 Å². The fourth-order valence-electron chi connectivity index (χ4n) is 4.11. The molecule has 4 rings (SSSR count). The van der Waals surface area contributed by atoms with Crippen LogP contribution < -0.4 is 0 Å². The van der Waals surface area contributed by atoms with Gasteiger partial charge in [0, 0.05) is 32.4 Å². The third-order valence-electron chi connectivity index (χ3n) is 5.60. The lowest BCUT2D eigenvalue weighted by Gasteiger charge is -2.49. The third kappa shape index (κ3) is 2.51. The maximum atomic E-state index is 15.0. The highest BCUT2D eigenvalue weighted by atomic mass is 19.1. The largest absolute Gasteiger partial charge is 0.491 e. The van der Waals surface area contributed by atoms with Crippen molar-refractivity contribution in [2.24, 2.45) is 5.92 Å². The first-order valence-corrected chi connectivity index (χ1v) is 8.83. The summed E-state index contributed by atoms with van der Waals surface area (Å²) in [5.41, 5.74) is 0.114. The second-order valence-electron chi connectivity index (χ2n) is 7.31. The first kappa shape index (κ1) is 17.1. The third-order valence-corrected chi connectivity index (χ3v) is 5.60. The van der Waals surface area contributed by atoms with Crippen molar-refractivity contribution < 1.29 is 23.8 Å². The summed E-state index contributed by atoms with van der Waals surface area (Å²) >= 11 is 0. The SMILES string of the molecule is C[C@H]1COC2=C(N3CCN(C)CC3)C(F)=C[C@@H]3C(=O)C(C(=O)O)=CN1[C@H]23. The summed E-state index contributed by atoms with van der Waals surface area (Å²) in [4.78, 5) is 30.1. The number of piperazine rings is 1. The van der Waals surface area contributed by atoms with E-state index in [1.54, 1.807) is 0 Å². The molecule has 4 aliphatic rings. The van der Waals surface area contributed by atoms with Crippen molar-refractivity contribution in [1.29, 1.82) is 0 Å². The molecule has 2 fully saturated rings. The van der Waals surface area contributed by atoms with E-state index in [2.05, 4.69) is 4.90 Å². The van der Waals surface area contributed by atoms with Gasteiger partial charge in [0.05, 0.1) is 12.0 Å². The number of hydrogen-bond donors (Lipinski definition) is 1. The van der Waals surface area contributed by atoms with E-state index in [0.29, 0.717) is 31.2 Å². The van der Waals surface area contributed by atoms with Crippen LogP contribution in [-0.4, -0.2) is 83.5 Å². The molecule has 0 spiro atoms. The van der Waals surface area contributed by atoms with Gasteiger partial charge in [-0.2, -0.15) is 0 Å². The van der Waals surface area contributed by atoms with Gasteiger partial charge in [0.25, 0.3) is 0 Å². The van der Waals surface area contributed by atoms with Gasteiger partial charge in [-0.25, -0.2) is 9.18 Å². The number of morpholine rings is 1. The van der Waals surface area contributed by atoms with E-state index in [-0.39, 0.29) is 11.6 Å². The van der Waals surface area contributed by atoms with Gasteiger partial charge >= 0.3 is 5.97 Å². The van der Waals surface area contributed by atoms with Crippen molar-refractivity contribution in [2.45, 2.75) is 19.0 Å². The van der Waals surface area contributed by atoms with E-state index in [0.717, 1.165) is 13.1 Å². The summed E-state index contributed by atoms with van der Waals surface area (Å²) in [5.74, 6) is -2.77. The number of allylic oxidation sites excluding steroid dienone is 1. The lowest BCUT2D eigenvalue weighted by atomic mass is 9.80. The molecule has 0 amide bonds. The fraction of sp³-hybridized carbons (Fsp3) is 0.556. The number of likely N-dealkylation sites (N-methyl/N-ethyl adjacent to an activating group) is 1. The molecule has 0 aromatic rings. The van der Waals surface area contributed by atoms with Gasteiger partial charge in [0.15, 0.2) is 5.78 Å². The zero-order chi connectivity index (χ0) is 18.6. The number of halogens is 1. The van der Waals surface area contributed by atoms with Crippen molar-refractivity contribution in [3.63, 3.8) is 0 Å². The minimum atomic E-state index is -1.28. The number of carboxylic acids is 1. The second kappa shape index (κ2) is 6.12. The smallest absolute Gasteiger partial charge is 0.340 e. The van der Waals surface area contributed by atoms with Crippen molar-refractivity contribution >= 4 is 11.8 Å². The molecule has 0 bridgehead atoms. The van der Waals surface area contributed by atoms with Crippen LogP contribution in [0, 0.1) is 5.92 Å². The summed E-state index contributed by atoms with van der Waals surface area (Å²) in [6, 6.07) is -0.583. The highest BCUT2D eigenvalue weighted by Gasteiger charge is 2.50. The highest BCUT2D eigenvalue weighted by molar-refractivity contribution is 6.18. The van der Waals surface area contributed by atoms with Crippen LogP contribution in [0.5, 0.6) is 0 Å². The van der Waals surface area contributed by atoms with E-state index in [1.165, 1.54) is 12.3 Å². The molecule has 7 nitrogen and oxygen atoms in total. The summed E-state index contributed by atoms with van der Waals surface area (Å²) < 4.78 is 20.9. The molecular weight excluding hydrogens is 341 g/mol. The van der Waals surface area contributed by atoms with Gasteiger partial charge in [-0.15, -0.1) is 0 Å². The average Bonchev–Trinajstić information content (AvgIpc) is 2.60. The van der Waals surface area contributed by atoms with Gasteiger partial charge in [-0.1, -0.05) is 0 Å². The monoisotopic (exact) mass is 363 g/mol. The van der Waals surface area contributed by atoms with Crippen molar-refractivity contribution in [1.82, 2.24) is 14.7 Å². The van der Waals surface area contributed by atoms with Gasteiger partial charge < -0.3 is 24.5 Å². The molecule has 3 aliphatic heterocycles. The number of ether oxygens (including phenoxy) is 1.